The molecule has 3 nitrogen and oxygen atoms in total. The molecule has 0 radical (unpaired) electrons. The minimum Gasteiger partial charge on any atom is -0.320 e. The first-order chi connectivity index (χ1) is 8.68. The molecule has 1 unspecified atom stereocenters. The van der Waals surface area contributed by atoms with Crippen LogP contribution in [0.4, 0.5) is 5.69 Å². The van der Waals surface area contributed by atoms with Gasteiger partial charge >= 0.3 is 0 Å². The second-order valence-corrected chi connectivity index (χ2v) is 5.25. The van der Waals surface area contributed by atoms with Crippen LogP contribution in [0, 0.1) is 0 Å². The Morgan fingerprint density at radius 3 is 2.61 bits per heavy atom. The zero-order valence-electron chi connectivity index (χ0n) is 9.93. The Balaban J connectivity index is 2.22. The SMILES string of the molecule is CC(Br)c1ccccc1NC(=O)c1ccccn1. The van der Waals surface area contributed by atoms with Crippen molar-refractivity contribution in [2.45, 2.75) is 11.8 Å². The third kappa shape index (κ3) is 2.96. The van der Waals surface area contributed by atoms with Gasteiger partial charge in [-0.2, -0.15) is 0 Å². The summed E-state index contributed by atoms with van der Waals surface area (Å²) in [6.45, 7) is 2.02. The number of hydrogen-bond donors (Lipinski definition) is 1. The highest BCUT2D eigenvalue weighted by Crippen LogP contribution is 2.28. The normalized spacial score (nSPS) is 11.9. The third-order valence-corrected chi connectivity index (χ3v) is 3.03. The average Bonchev–Trinajstić information content (AvgIpc) is 2.40. The topological polar surface area (TPSA) is 42.0 Å². The van der Waals surface area contributed by atoms with E-state index in [4.69, 9.17) is 0 Å². The summed E-state index contributed by atoms with van der Waals surface area (Å²) in [6, 6.07) is 13.0. The Kier molecular flexibility index (Phi) is 4.10. The predicted molar refractivity (Wildman–Crippen MR) is 76.0 cm³/mol. The zero-order chi connectivity index (χ0) is 13.0. The maximum absolute atomic E-state index is 12.0. The summed E-state index contributed by atoms with van der Waals surface area (Å²) in [5.74, 6) is -0.198. The molecule has 1 amide bonds. The van der Waals surface area contributed by atoms with E-state index in [9.17, 15) is 4.79 Å². The molecule has 18 heavy (non-hydrogen) atoms. The summed E-state index contributed by atoms with van der Waals surface area (Å²) < 4.78 is 0. The van der Waals surface area contributed by atoms with Gasteiger partial charge in [0.1, 0.15) is 5.69 Å². The van der Waals surface area contributed by atoms with Gasteiger partial charge in [0.2, 0.25) is 0 Å². The fraction of sp³-hybridized carbons (Fsp3) is 0.143. The van der Waals surface area contributed by atoms with Crippen LogP contribution in [0.5, 0.6) is 0 Å². The summed E-state index contributed by atoms with van der Waals surface area (Å²) in [7, 11) is 0. The summed E-state index contributed by atoms with van der Waals surface area (Å²) in [5.41, 5.74) is 2.26. The highest BCUT2D eigenvalue weighted by molar-refractivity contribution is 9.09. The van der Waals surface area contributed by atoms with Gasteiger partial charge in [-0.1, -0.05) is 40.2 Å². The third-order valence-electron chi connectivity index (χ3n) is 2.54. The zero-order valence-corrected chi connectivity index (χ0v) is 11.5. The lowest BCUT2D eigenvalue weighted by atomic mass is 10.1. The van der Waals surface area contributed by atoms with Gasteiger partial charge in [0.25, 0.3) is 5.91 Å². The lowest BCUT2D eigenvalue weighted by Gasteiger charge is -2.12. The highest BCUT2D eigenvalue weighted by Gasteiger charge is 2.11. The van der Waals surface area contributed by atoms with E-state index in [1.54, 1.807) is 24.4 Å². The summed E-state index contributed by atoms with van der Waals surface area (Å²) in [4.78, 5) is 16.2. The van der Waals surface area contributed by atoms with Crippen LogP contribution in [0.15, 0.2) is 48.7 Å². The molecule has 0 aliphatic carbocycles. The van der Waals surface area contributed by atoms with Gasteiger partial charge in [-0.25, -0.2) is 0 Å². The Morgan fingerprint density at radius 1 is 1.22 bits per heavy atom. The number of anilines is 1. The number of rotatable bonds is 3. The second-order valence-electron chi connectivity index (χ2n) is 3.87. The van der Waals surface area contributed by atoms with Crippen LogP contribution in [0.3, 0.4) is 0 Å². The summed E-state index contributed by atoms with van der Waals surface area (Å²) >= 11 is 3.51. The largest absolute Gasteiger partial charge is 0.320 e. The molecule has 92 valence electrons. The molecular weight excluding hydrogens is 292 g/mol. The minimum absolute atomic E-state index is 0.178. The van der Waals surface area contributed by atoms with Crippen LogP contribution in [0.2, 0.25) is 0 Å². The van der Waals surface area contributed by atoms with Crippen LogP contribution in [-0.4, -0.2) is 10.9 Å². The first-order valence-electron chi connectivity index (χ1n) is 5.64. The number of hydrogen-bond acceptors (Lipinski definition) is 2. The van der Waals surface area contributed by atoms with Crippen molar-refractivity contribution in [3.63, 3.8) is 0 Å². The number of carbonyl (C=O) groups is 1. The van der Waals surface area contributed by atoms with E-state index in [0.717, 1.165) is 11.3 Å². The molecule has 2 aromatic rings. The average molecular weight is 305 g/mol. The van der Waals surface area contributed by atoms with Crippen molar-refractivity contribution in [2.24, 2.45) is 0 Å². The Hall–Kier alpha value is -1.68. The lowest BCUT2D eigenvalue weighted by molar-refractivity contribution is 0.102. The van der Waals surface area contributed by atoms with Crippen molar-refractivity contribution < 1.29 is 4.79 Å². The molecule has 1 aromatic carbocycles. The number of benzene rings is 1. The summed E-state index contributed by atoms with van der Waals surface area (Å²) in [6.07, 6.45) is 1.61. The van der Waals surface area contributed by atoms with E-state index < -0.39 is 0 Å². The van der Waals surface area contributed by atoms with Gasteiger partial charge in [0, 0.05) is 16.7 Å². The van der Waals surface area contributed by atoms with E-state index in [0.29, 0.717) is 5.69 Å². The quantitative estimate of drug-likeness (QED) is 0.877. The Morgan fingerprint density at radius 2 is 1.94 bits per heavy atom. The second kappa shape index (κ2) is 5.78. The van der Waals surface area contributed by atoms with Gasteiger partial charge in [-0.3, -0.25) is 9.78 Å². The molecule has 0 aliphatic heterocycles. The Bertz CT molecular complexity index is 541. The van der Waals surface area contributed by atoms with Crippen LogP contribution in [0.25, 0.3) is 0 Å². The van der Waals surface area contributed by atoms with Gasteiger partial charge < -0.3 is 5.32 Å². The molecular formula is C14H13BrN2O. The van der Waals surface area contributed by atoms with E-state index >= 15 is 0 Å². The number of halogens is 1. The number of amides is 1. The first-order valence-corrected chi connectivity index (χ1v) is 6.55. The van der Waals surface area contributed by atoms with Crippen molar-refractivity contribution in [1.29, 1.82) is 0 Å². The molecule has 0 spiro atoms. The van der Waals surface area contributed by atoms with Crippen LogP contribution >= 0.6 is 15.9 Å². The number of nitrogens with one attached hydrogen (secondary N) is 1. The smallest absolute Gasteiger partial charge is 0.274 e. The summed E-state index contributed by atoms with van der Waals surface area (Å²) in [5, 5.41) is 2.88. The number of carbonyl (C=O) groups excluding carboxylic acids is 1. The standard InChI is InChI=1S/C14H13BrN2O/c1-10(15)11-6-2-3-7-12(11)17-14(18)13-8-4-5-9-16-13/h2-10H,1H3,(H,17,18). The van der Waals surface area contributed by atoms with Crippen molar-refractivity contribution in [1.82, 2.24) is 4.98 Å². The molecule has 0 aliphatic rings. The van der Waals surface area contributed by atoms with Crippen molar-refractivity contribution in [3.8, 4) is 0 Å². The van der Waals surface area contributed by atoms with Crippen molar-refractivity contribution >= 4 is 27.5 Å². The molecule has 1 aromatic heterocycles. The van der Waals surface area contributed by atoms with Crippen LogP contribution in [0.1, 0.15) is 27.8 Å². The fourth-order valence-electron chi connectivity index (χ4n) is 1.64. The molecule has 1 heterocycles. The maximum atomic E-state index is 12.0. The predicted octanol–water partition coefficient (Wildman–Crippen LogP) is 3.79. The lowest BCUT2D eigenvalue weighted by Crippen LogP contribution is -2.14. The maximum Gasteiger partial charge on any atom is 0.274 e. The number of aromatic nitrogens is 1. The molecule has 1 N–H and O–H groups in total. The number of alkyl halides is 1. The van der Waals surface area contributed by atoms with E-state index in [1.165, 1.54) is 0 Å². The Labute approximate surface area is 114 Å². The van der Waals surface area contributed by atoms with Crippen LogP contribution < -0.4 is 5.32 Å². The number of para-hydroxylation sites is 1. The molecule has 0 saturated heterocycles. The molecule has 1 atom stereocenters. The van der Waals surface area contributed by atoms with E-state index in [-0.39, 0.29) is 10.7 Å². The van der Waals surface area contributed by atoms with E-state index in [2.05, 4.69) is 26.2 Å². The van der Waals surface area contributed by atoms with Crippen molar-refractivity contribution in [2.75, 3.05) is 5.32 Å². The molecule has 0 bridgehead atoms. The molecule has 4 heteroatoms. The van der Waals surface area contributed by atoms with Gasteiger partial charge in [0.15, 0.2) is 0 Å². The minimum atomic E-state index is -0.198. The highest BCUT2D eigenvalue weighted by atomic mass is 79.9. The van der Waals surface area contributed by atoms with Gasteiger partial charge in [-0.15, -0.1) is 0 Å². The van der Waals surface area contributed by atoms with Gasteiger partial charge in [-0.05, 0) is 30.7 Å². The van der Waals surface area contributed by atoms with Gasteiger partial charge in [0.05, 0.1) is 0 Å². The van der Waals surface area contributed by atoms with Crippen LogP contribution in [-0.2, 0) is 0 Å². The number of nitrogens with zero attached hydrogens (tertiary/aromatic N) is 1. The molecule has 0 saturated carbocycles. The number of pyridine rings is 1. The monoisotopic (exact) mass is 304 g/mol. The van der Waals surface area contributed by atoms with Crippen molar-refractivity contribution in [3.05, 3.63) is 59.9 Å². The molecule has 2 rings (SSSR count). The molecule has 0 fully saturated rings. The fourth-order valence-corrected chi connectivity index (χ4v) is 2.04. The van der Waals surface area contributed by atoms with E-state index in [1.807, 2.05) is 31.2 Å². The first kappa shape index (κ1) is 12.8.